The molecule has 11 heteroatoms. The predicted molar refractivity (Wildman–Crippen MR) is 140 cm³/mol. The normalized spacial score (nSPS) is 23.9. The number of benzene rings is 1. The van der Waals surface area contributed by atoms with Gasteiger partial charge >= 0.3 is 11.7 Å². The van der Waals surface area contributed by atoms with E-state index in [-0.39, 0.29) is 17.8 Å². The van der Waals surface area contributed by atoms with Crippen molar-refractivity contribution in [3.05, 3.63) is 52.6 Å². The van der Waals surface area contributed by atoms with Gasteiger partial charge in [-0.2, -0.15) is 4.98 Å². The Labute approximate surface area is 216 Å². The molecule has 3 aliphatic rings. The second kappa shape index (κ2) is 9.55. The fourth-order valence-electron chi connectivity index (χ4n) is 5.37. The monoisotopic (exact) mass is 508 g/mol. The lowest BCUT2D eigenvalue weighted by Gasteiger charge is -2.37. The summed E-state index contributed by atoms with van der Waals surface area (Å²) in [7, 11) is 0. The Balaban J connectivity index is 1.15. The molecule has 5 rings (SSSR count). The largest absolute Gasteiger partial charge is 0.354 e. The van der Waals surface area contributed by atoms with Crippen LogP contribution in [-0.2, 0) is 11.3 Å². The van der Waals surface area contributed by atoms with Crippen LogP contribution in [0.1, 0.15) is 32.3 Å². The molecule has 2 unspecified atom stereocenters. The standard InChI is InChI=1S/C26H36N8O3/c1-25(2,28)22(35)32-11-13-33(14-12-32)23(36)29-21-7-9-34(24(37)30-21)19-5-3-18(4-6-19)16-31-10-8-26(17-31)15-20(26)27/h3-7,9,20H,8,10-17,27-28H2,1-2H3,(H,29,30,36,37). The Morgan fingerprint density at radius 1 is 1.08 bits per heavy atom. The lowest BCUT2D eigenvalue weighted by molar-refractivity contribution is -0.137. The number of likely N-dealkylation sites (tertiary alicyclic amines) is 1. The molecule has 0 radical (unpaired) electrons. The van der Waals surface area contributed by atoms with E-state index in [0.717, 1.165) is 26.1 Å². The van der Waals surface area contributed by atoms with E-state index >= 15 is 0 Å². The fourth-order valence-corrected chi connectivity index (χ4v) is 5.37. The van der Waals surface area contributed by atoms with Crippen LogP contribution in [0.15, 0.2) is 41.3 Å². The molecule has 198 valence electrons. The summed E-state index contributed by atoms with van der Waals surface area (Å²) in [5.41, 5.74) is 12.8. The Hall–Kier alpha value is -3.28. The van der Waals surface area contributed by atoms with Crippen LogP contribution in [0.2, 0.25) is 0 Å². The van der Waals surface area contributed by atoms with Gasteiger partial charge in [-0.25, -0.2) is 9.59 Å². The van der Waals surface area contributed by atoms with E-state index in [4.69, 9.17) is 11.5 Å². The molecule has 1 aromatic carbocycles. The minimum absolute atomic E-state index is 0.140. The Kier molecular flexibility index (Phi) is 6.55. The first-order valence-corrected chi connectivity index (χ1v) is 12.9. The van der Waals surface area contributed by atoms with Crippen LogP contribution in [0.25, 0.3) is 5.69 Å². The number of hydrogen-bond donors (Lipinski definition) is 3. The smallest absolute Gasteiger partial charge is 0.338 e. The van der Waals surface area contributed by atoms with Gasteiger partial charge in [0.2, 0.25) is 5.91 Å². The van der Waals surface area contributed by atoms with Gasteiger partial charge in [-0.15, -0.1) is 0 Å². The third kappa shape index (κ3) is 5.39. The van der Waals surface area contributed by atoms with Crippen molar-refractivity contribution < 1.29 is 9.59 Å². The van der Waals surface area contributed by atoms with E-state index < -0.39 is 11.2 Å². The van der Waals surface area contributed by atoms with Crippen molar-refractivity contribution in [2.75, 3.05) is 44.6 Å². The quantitative estimate of drug-likeness (QED) is 0.536. The van der Waals surface area contributed by atoms with E-state index in [2.05, 4.69) is 15.2 Å². The molecule has 1 aromatic heterocycles. The topological polar surface area (TPSA) is 143 Å². The number of urea groups is 1. The molecule has 11 nitrogen and oxygen atoms in total. The molecule has 3 fully saturated rings. The number of amides is 3. The van der Waals surface area contributed by atoms with Crippen LogP contribution in [0.4, 0.5) is 10.6 Å². The summed E-state index contributed by atoms with van der Waals surface area (Å²) < 4.78 is 1.45. The molecule has 5 N–H and O–H groups in total. The molecule has 37 heavy (non-hydrogen) atoms. The summed E-state index contributed by atoms with van der Waals surface area (Å²) in [6.07, 6.45) is 3.93. The molecule has 3 heterocycles. The number of nitrogens with one attached hydrogen (secondary N) is 1. The van der Waals surface area contributed by atoms with E-state index in [1.54, 1.807) is 35.9 Å². The zero-order valence-corrected chi connectivity index (χ0v) is 21.5. The summed E-state index contributed by atoms with van der Waals surface area (Å²) in [6.45, 7) is 7.92. The number of aromatic nitrogens is 2. The maximum Gasteiger partial charge on any atom is 0.354 e. The number of carbonyl (C=O) groups is 2. The van der Waals surface area contributed by atoms with Crippen LogP contribution in [0, 0.1) is 5.41 Å². The van der Waals surface area contributed by atoms with E-state index in [0.29, 0.717) is 43.3 Å². The molecule has 1 aliphatic carbocycles. The minimum atomic E-state index is -0.944. The van der Waals surface area contributed by atoms with Gasteiger partial charge in [-0.1, -0.05) is 12.1 Å². The van der Waals surface area contributed by atoms with Crippen LogP contribution >= 0.6 is 0 Å². The van der Waals surface area contributed by atoms with Crippen LogP contribution in [0.3, 0.4) is 0 Å². The third-order valence-corrected chi connectivity index (χ3v) is 7.78. The molecular formula is C26H36N8O3. The van der Waals surface area contributed by atoms with Crippen molar-refractivity contribution in [2.45, 2.75) is 44.8 Å². The van der Waals surface area contributed by atoms with Gasteiger partial charge in [-0.3, -0.25) is 19.6 Å². The summed E-state index contributed by atoms with van der Waals surface area (Å²) in [5.74, 6) is 0.0454. The van der Waals surface area contributed by atoms with Gasteiger partial charge in [0, 0.05) is 56.9 Å². The van der Waals surface area contributed by atoms with Crippen molar-refractivity contribution in [1.29, 1.82) is 0 Å². The number of piperazine rings is 1. The second-order valence-corrected chi connectivity index (χ2v) is 11.2. The highest BCUT2D eigenvalue weighted by Crippen LogP contribution is 2.51. The third-order valence-electron chi connectivity index (χ3n) is 7.78. The van der Waals surface area contributed by atoms with Crippen LogP contribution in [0.5, 0.6) is 0 Å². The van der Waals surface area contributed by atoms with Gasteiger partial charge in [0.1, 0.15) is 5.82 Å². The Morgan fingerprint density at radius 2 is 1.73 bits per heavy atom. The van der Waals surface area contributed by atoms with Crippen LogP contribution < -0.4 is 22.5 Å². The van der Waals surface area contributed by atoms with E-state index in [1.165, 1.54) is 16.6 Å². The first-order valence-electron chi connectivity index (χ1n) is 12.9. The zero-order chi connectivity index (χ0) is 26.4. The highest BCUT2D eigenvalue weighted by molar-refractivity contribution is 5.89. The maximum atomic E-state index is 12.7. The van der Waals surface area contributed by atoms with E-state index in [1.807, 2.05) is 24.3 Å². The number of hydrogen-bond acceptors (Lipinski definition) is 7. The number of nitrogens with zero attached hydrogens (tertiary/aromatic N) is 5. The maximum absolute atomic E-state index is 12.7. The lowest BCUT2D eigenvalue weighted by Crippen LogP contribution is -2.58. The highest BCUT2D eigenvalue weighted by Gasteiger charge is 2.55. The fraction of sp³-hybridized carbons (Fsp3) is 0.538. The summed E-state index contributed by atoms with van der Waals surface area (Å²) >= 11 is 0. The van der Waals surface area contributed by atoms with Gasteiger partial charge in [-0.05, 0) is 57.0 Å². The minimum Gasteiger partial charge on any atom is -0.338 e. The first-order chi connectivity index (χ1) is 17.5. The van der Waals surface area contributed by atoms with Gasteiger partial charge < -0.3 is 21.3 Å². The molecular weight excluding hydrogens is 472 g/mol. The van der Waals surface area contributed by atoms with Crippen LogP contribution in [-0.4, -0.2) is 87.0 Å². The predicted octanol–water partition coefficient (Wildman–Crippen LogP) is 0.569. The first kappa shape index (κ1) is 25.4. The van der Waals surface area contributed by atoms with Gasteiger partial charge in [0.15, 0.2) is 0 Å². The molecule has 3 amide bonds. The number of rotatable bonds is 5. The van der Waals surface area contributed by atoms with E-state index in [9.17, 15) is 14.4 Å². The second-order valence-electron chi connectivity index (χ2n) is 11.2. The summed E-state index contributed by atoms with van der Waals surface area (Å²) in [6, 6.07) is 9.49. The van der Waals surface area contributed by atoms with Crippen molar-refractivity contribution in [2.24, 2.45) is 16.9 Å². The van der Waals surface area contributed by atoms with Gasteiger partial charge in [0.25, 0.3) is 0 Å². The molecule has 2 saturated heterocycles. The molecule has 2 aromatic rings. The molecule has 2 atom stereocenters. The molecule has 2 aliphatic heterocycles. The molecule has 0 bridgehead atoms. The summed E-state index contributed by atoms with van der Waals surface area (Å²) in [4.78, 5) is 47.5. The average molecular weight is 509 g/mol. The van der Waals surface area contributed by atoms with Crippen molar-refractivity contribution in [3.63, 3.8) is 0 Å². The van der Waals surface area contributed by atoms with Crippen molar-refractivity contribution in [1.82, 2.24) is 24.3 Å². The molecule has 1 saturated carbocycles. The average Bonchev–Trinajstić information content (AvgIpc) is 3.30. The lowest BCUT2D eigenvalue weighted by atomic mass is 10.1. The van der Waals surface area contributed by atoms with Crippen molar-refractivity contribution >= 4 is 17.8 Å². The number of carbonyl (C=O) groups excluding carboxylic acids is 2. The highest BCUT2D eigenvalue weighted by atomic mass is 16.2. The molecule has 1 spiro atoms. The Bertz CT molecular complexity index is 1230. The van der Waals surface area contributed by atoms with Crippen molar-refractivity contribution in [3.8, 4) is 5.69 Å². The van der Waals surface area contributed by atoms with Gasteiger partial charge in [0.05, 0.1) is 11.2 Å². The summed E-state index contributed by atoms with van der Waals surface area (Å²) in [5, 5.41) is 2.69. The zero-order valence-electron chi connectivity index (χ0n) is 21.5. The number of nitrogens with two attached hydrogens (primary N) is 2. The number of anilines is 1. The Morgan fingerprint density at radius 3 is 2.30 bits per heavy atom. The SMILES string of the molecule is CC(C)(N)C(=O)N1CCN(C(=O)Nc2ccn(-c3ccc(CN4CCC5(CC5N)C4)cc3)c(=O)n2)CC1.